The maximum absolute atomic E-state index is 12.7. The van der Waals surface area contributed by atoms with E-state index in [4.69, 9.17) is 29.0 Å². The van der Waals surface area contributed by atoms with E-state index in [2.05, 4.69) is 0 Å². The zero-order valence-corrected chi connectivity index (χ0v) is 23.0. The Morgan fingerprint density at radius 2 is 0.912 bits per heavy atom. The van der Waals surface area contributed by atoms with Crippen LogP contribution < -0.4 is 0 Å². The van der Waals surface area contributed by atoms with Gasteiger partial charge in [0.1, 0.15) is 11.2 Å². The fourth-order valence-corrected chi connectivity index (χ4v) is 4.79. The van der Waals surface area contributed by atoms with Crippen LogP contribution in [0.4, 0.5) is 4.79 Å². The number of ether oxygens (including phenoxy) is 2. The summed E-state index contributed by atoms with van der Waals surface area (Å²) in [7, 11) is 0. The van der Waals surface area contributed by atoms with Crippen LogP contribution in [0.25, 0.3) is 0 Å². The highest BCUT2D eigenvalue weighted by Crippen LogP contribution is 2.38. The predicted molar refractivity (Wildman–Crippen MR) is 131 cm³/mol. The molecule has 2 aliphatic rings. The zero-order chi connectivity index (χ0) is 25.5. The van der Waals surface area contributed by atoms with Crippen molar-refractivity contribution < 1.29 is 33.8 Å². The maximum atomic E-state index is 12.7. The van der Waals surface area contributed by atoms with Crippen LogP contribution in [0.15, 0.2) is 0 Å². The summed E-state index contributed by atoms with van der Waals surface area (Å²) in [5.74, 6) is -1.73. The number of rotatable bonds is 12. The number of hydrogen-bond acceptors (Lipinski definition) is 7. The minimum absolute atomic E-state index is 0.401. The minimum atomic E-state index is -1.28. The van der Waals surface area contributed by atoms with E-state index >= 15 is 0 Å². The minimum Gasteiger partial charge on any atom is -0.399 e. The molecule has 200 valence electrons. The first-order valence-corrected chi connectivity index (χ1v) is 13.5. The van der Waals surface area contributed by atoms with E-state index in [1.165, 1.54) is 38.5 Å². The van der Waals surface area contributed by atoms with Gasteiger partial charge in [0.25, 0.3) is 0 Å². The monoisotopic (exact) mass is 486 g/mol. The maximum Gasteiger partial charge on any atom is 0.513 e. The van der Waals surface area contributed by atoms with Gasteiger partial charge in [-0.15, -0.1) is 0 Å². The average molecular weight is 487 g/mol. The lowest BCUT2D eigenvalue weighted by Gasteiger charge is -2.39. The van der Waals surface area contributed by atoms with Crippen molar-refractivity contribution in [2.24, 2.45) is 11.8 Å². The van der Waals surface area contributed by atoms with Gasteiger partial charge in [-0.1, -0.05) is 52.4 Å². The highest BCUT2D eigenvalue weighted by Gasteiger charge is 2.41. The van der Waals surface area contributed by atoms with E-state index in [1.807, 2.05) is 41.5 Å². The molecule has 2 aliphatic carbocycles. The van der Waals surface area contributed by atoms with Crippen LogP contribution >= 0.6 is 0 Å². The molecule has 0 aliphatic heterocycles. The van der Waals surface area contributed by atoms with E-state index < -0.39 is 28.9 Å². The van der Waals surface area contributed by atoms with Crippen molar-refractivity contribution in [1.82, 2.24) is 0 Å². The number of hydrogen-bond donors (Lipinski definition) is 0. The summed E-state index contributed by atoms with van der Waals surface area (Å²) < 4.78 is 11.1. The topological polar surface area (TPSA) is 72.5 Å². The standard InChI is InChI=1S/C27H50O7/c1-9-26(7,33-31-24(3,4)21-17-13-11-14-18-21)29-23(28)30-27(8,10-2)34-32-25(5,6)22-19-15-12-16-20-22/h21-22H,9-20H2,1-8H3. The lowest BCUT2D eigenvalue weighted by Crippen LogP contribution is -2.45. The first-order chi connectivity index (χ1) is 15.8. The summed E-state index contributed by atoms with van der Waals surface area (Å²) in [6, 6.07) is 0. The molecule has 2 unspecified atom stereocenters. The Labute approximate surface area is 207 Å². The SMILES string of the molecule is CCC(C)(OOC(C)(C)C1CCCCC1)OC(=O)OC(C)(CC)OOC(C)(C)C1CCCCC1. The van der Waals surface area contributed by atoms with Crippen LogP contribution in [-0.2, 0) is 29.0 Å². The van der Waals surface area contributed by atoms with Crippen LogP contribution in [0.3, 0.4) is 0 Å². The second-order valence-electron chi connectivity index (χ2n) is 11.6. The predicted octanol–water partition coefficient (Wildman–Crippen LogP) is 8.01. The molecule has 0 N–H and O–H groups in total. The number of carbonyl (C=O) groups excluding carboxylic acids is 1. The zero-order valence-electron chi connectivity index (χ0n) is 23.0. The van der Waals surface area contributed by atoms with Crippen molar-refractivity contribution in [3.8, 4) is 0 Å². The van der Waals surface area contributed by atoms with Gasteiger partial charge >= 0.3 is 6.16 Å². The van der Waals surface area contributed by atoms with Gasteiger partial charge < -0.3 is 9.47 Å². The molecule has 0 heterocycles. The van der Waals surface area contributed by atoms with Crippen molar-refractivity contribution in [2.45, 2.75) is 155 Å². The molecule has 2 atom stereocenters. The highest BCUT2D eigenvalue weighted by atomic mass is 17.3. The highest BCUT2D eigenvalue weighted by molar-refractivity contribution is 5.60. The lowest BCUT2D eigenvalue weighted by atomic mass is 9.79. The average Bonchev–Trinajstić information content (AvgIpc) is 2.83. The second kappa shape index (κ2) is 12.4. The second-order valence-corrected chi connectivity index (χ2v) is 11.6. The molecule has 0 radical (unpaired) electrons. The van der Waals surface area contributed by atoms with Crippen molar-refractivity contribution in [2.75, 3.05) is 0 Å². The Hall–Kier alpha value is -0.890. The molecule has 7 nitrogen and oxygen atoms in total. The quantitative estimate of drug-likeness (QED) is 0.120. The molecule has 2 rings (SSSR count). The summed E-state index contributed by atoms with van der Waals surface area (Å²) in [5.41, 5.74) is -0.937. The molecule has 34 heavy (non-hydrogen) atoms. The van der Waals surface area contributed by atoms with Crippen molar-refractivity contribution in [3.63, 3.8) is 0 Å². The number of carbonyl (C=O) groups is 1. The lowest BCUT2D eigenvalue weighted by molar-refractivity contribution is -0.469. The smallest absolute Gasteiger partial charge is 0.399 e. The Morgan fingerprint density at radius 1 is 0.588 bits per heavy atom. The van der Waals surface area contributed by atoms with Gasteiger partial charge in [-0.05, 0) is 65.2 Å². The van der Waals surface area contributed by atoms with E-state index in [1.54, 1.807) is 13.8 Å². The molecule has 0 aromatic rings. The van der Waals surface area contributed by atoms with Crippen LogP contribution in [0.5, 0.6) is 0 Å². The Balaban J connectivity index is 1.90. The molecule has 0 amide bonds. The fourth-order valence-electron chi connectivity index (χ4n) is 4.79. The molecule has 7 heteroatoms. The van der Waals surface area contributed by atoms with Gasteiger partial charge in [0.2, 0.25) is 11.6 Å². The summed E-state index contributed by atoms with van der Waals surface area (Å²) in [4.78, 5) is 35.9. The third-order valence-electron chi connectivity index (χ3n) is 7.93. The van der Waals surface area contributed by atoms with Crippen molar-refractivity contribution in [1.29, 1.82) is 0 Å². The van der Waals surface area contributed by atoms with Gasteiger partial charge in [0, 0.05) is 26.7 Å². The molecular formula is C27H50O7. The summed E-state index contributed by atoms with van der Waals surface area (Å²) in [6.45, 7) is 15.2. The van der Waals surface area contributed by atoms with Gasteiger partial charge in [-0.25, -0.2) is 14.6 Å². The van der Waals surface area contributed by atoms with Crippen LogP contribution in [0.2, 0.25) is 0 Å². The molecule has 0 bridgehead atoms. The van der Waals surface area contributed by atoms with Crippen LogP contribution in [-0.4, -0.2) is 28.9 Å². The fraction of sp³-hybridized carbons (Fsp3) is 0.963. The van der Waals surface area contributed by atoms with E-state index in [0.29, 0.717) is 24.7 Å². The van der Waals surface area contributed by atoms with Gasteiger partial charge in [0.15, 0.2) is 0 Å². The molecule has 0 saturated heterocycles. The summed E-state index contributed by atoms with van der Waals surface area (Å²) in [5, 5.41) is 0. The third kappa shape index (κ3) is 8.65. The Bertz CT molecular complexity index is 570. The van der Waals surface area contributed by atoms with E-state index in [9.17, 15) is 4.79 Å². The first-order valence-electron chi connectivity index (χ1n) is 13.5. The summed E-state index contributed by atoms with van der Waals surface area (Å²) >= 11 is 0. The first kappa shape index (κ1) is 29.3. The van der Waals surface area contributed by atoms with Crippen molar-refractivity contribution >= 4 is 6.16 Å². The Morgan fingerprint density at radius 3 is 1.21 bits per heavy atom. The van der Waals surface area contributed by atoms with Gasteiger partial charge in [-0.2, -0.15) is 9.78 Å². The molecule has 2 fully saturated rings. The van der Waals surface area contributed by atoms with E-state index in [-0.39, 0.29) is 0 Å². The largest absolute Gasteiger partial charge is 0.513 e. The third-order valence-corrected chi connectivity index (χ3v) is 7.93. The molecule has 0 aromatic carbocycles. The molecule has 2 saturated carbocycles. The van der Waals surface area contributed by atoms with Crippen LogP contribution in [0, 0.1) is 11.8 Å². The molecule has 0 aromatic heterocycles. The molecule has 0 spiro atoms. The van der Waals surface area contributed by atoms with Crippen LogP contribution in [0.1, 0.15) is 132 Å². The summed E-state index contributed by atoms with van der Waals surface area (Å²) in [6.07, 6.45) is 11.8. The molecular weight excluding hydrogens is 436 g/mol. The van der Waals surface area contributed by atoms with Crippen molar-refractivity contribution in [3.05, 3.63) is 0 Å². The Kier molecular flexibility index (Phi) is 10.7. The van der Waals surface area contributed by atoms with Gasteiger partial charge in [-0.3, -0.25) is 0 Å². The van der Waals surface area contributed by atoms with E-state index in [0.717, 1.165) is 25.7 Å². The normalized spacial score (nSPS) is 22.6. The van der Waals surface area contributed by atoms with Gasteiger partial charge in [0.05, 0.1) is 0 Å².